The fraction of sp³-hybridized carbons (Fsp3) is 0.105. The maximum atomic E-state index is 12.2. The standard InChI is InChI=1S/C19H18N4O2S/c20-26(25)17-8-6-14(7-9-17)10-11-21-19(24)16-12-22-18(23-13-16)15-4-2-1-3-5-15/h1-9,12-13H,10-11,20H2,(H,21,24). The Bertz CT molecular complexity index is 897. The van der Waals surface area contributed by atoms with Gasteiger partial charge in [-0.1, -0.05) is 42.5 Å². The van der Waals surface area contributed by atoms with Gasteiger partial charge in [-0.3, -0.25) is 4.79 Å². The maximum Gasteiger partial charge on any atom is 0.254 e. The largest absolute Gasteiger partial charge is 0.352 e. The Morgan fingerprint density at radius 3 is 2.27 bits per heavy atom. The van der Waals surface area contributed by atoms with E-state index in [1.165, 1.54) is 12.4 Å². The molecule has 3 aromatic rings. The lowest BCUT2D eigenvalue weighted by molar-refractivity contribution is 0.0953. The Hall–Kier alpha value is -2.90. The van der Waals surface area contributed by atoms with Crippen molar-refractivity contribution in [2.75, 3.05) is 6.54 Å². The number of carbonyl (C=O) groups excluding carboxylic acids is 1. The second-order valence-corrected chi connectivity index (χ2v) is 6.67. The highest BCUT2D eigenvalue weighted by Gasteiger charge is 2.08. The molecule has 2 aromatic carbocycles. The first-order chi connectivity index (χ1) is 12.6. The van der Waals surface area contributed by atoms with E-state index >= 15 is 0 Å². The lowest BCUT2D eigenvalue weighted by atomic mass is 10.1. The second-order valence-electron chi connectivity index (χ2n) is 5.61. The number of hydrogen-bond donors (Lipinski definition) is 2. The van der Waals surface area contributed by atoms with Gasteiger partial charge in [0.05, 0.1) is 10.5 Å². The Kier molecular flexibility index (Phi) is 5.83. The molecule has 6 nitrogen and oxygen atoms in total. The summed E-state index contributed by atoms with van der Waals surface area (Å²) >= 11 is 0. The predicted octanol–water partition coefficient (Wildman–Crippen LogP) is 2.10. The summed E-state index contributed by atoms with van der Waals surface area (Å²) in [6.45, 7) is 0.477. The van der Waals surface area contributed by atoms with E-state index in [1.807, 2.05) is 42.5 Å². The van der Waals surface area contributed by atoms with Crippen molar-refractivity contribution in [2.24, 2.45) is 5.14 Å². The fourth-order valence-corrected chi connectivity index (χ4v) is 2.80. The zero-order valence-corrected chi connectivity index (χ0v) is 14.8. The topological polar surface area (TPSA) is 98.0 Å². The molecule has 3 N–H and O–H groups in total. The number of amides is 1. The van der Waals surface area contributed by atoms with Gasteiger partial charge in [0.2, 0.25) is 0 Å². The summed E-state index contributed by atoms with van der Waals surface area (Å²) < 4.78 is 11.2. The zero-order valence-electron chi connectivity index (χ0n) is 14.0. The molecule has 132 valence electrons. The summed E-state index contributed by atoms with van der Waals surface area (Å²) in [7, 11) is -1.47. The molecule has 0 aliphatic heterocycles. The van der Waals surface area contributed by atoms with Gasteiger partial charge in [-0.25, -0.2) is 19.3 Å². The van der Waals surface area contributed by atoms with E-state index < -0.39 is 11.0 Å². The van der Waals surface area contributed by atoms with E-state index in [0.29, 0.717) is 29.2 Å². The molecule has 26 heavy (non-hydrogen) atoms. The first kappa shape index (κ1) is 17.9. The number of nitrogens with zero attached hydrogens (tertiary/aromatic N) is 2. The van der Waals surface area contributed by atoms with Gasteiger partial charge in [0.1, 0.15) is 11.0 Å². The number of benzene rings is 2. The molecule has 7 heteroatoms. The molecule has 0 spiro atoms. The van der Waals surface area contributed by atoms with Crippen molar-refractivity contribution in [2.45, 2.75) is 11.3 Å². The minimum absolute atomic E-state index is 0.218. The molecule has 0 radical (unpaired) electrons. The van der Waals surface area contributed by atoms with Gasteiger partial charge in [-0.05, 0) is 24.1 Å². The first-order valence-corrected chi connectivity index (χ1v) is 9.25. The molecular weight excluding hydrogens is 348 g/mol. The third-order valence-electron chi connectivity index (χ3n) is 3.80. The summed E-state index contributed by atoms with van der Waals surface area (Å²) in [5, 5.41) is 8.16. The van der Waals surface area contributed by atoms with E-state index in [2.05, 4.69) is 15.3 Å². The quantitative estimate of drug-likeness (QED) is 0.698. The summed E-state index contributed by atoms with van der Waals surface area (Å²) in [4.78, 5) is 21.3. The van der Waals surface area contributed by atoms with Gasteiger partial charge >= 0.3 is 0 Å². The Morgan fingerprint density at radius 2 is 1.65 bits per heavy atom. The number of aromatic nitrogens is 2. The van der Waals surface area contributed by atoms with Crippen molar-refractivity contribution in [3.8, 4) is 11.4 Å². The lowest BCUT2D eigenvalue weighted by Crippen LogP contribution is -2.26. The number of nitrogens with one attached hydrogen (secondary N) is 1. The molecule has 1 heterocycles. The summed E-state index contributed by atoms with van der Waals surface area (Å²) in [6.07, 6.45) is 3.71. The number of nitrogens with two attached hydrogens (primary N) is 1. The van der Waals surface area contributed by atoms with Crippen LogP contribution in [0.2, 0.25) is 0 Å². The Morgan fingerprint density at radius 1 is 1.00 bits per heavy atom. The Labute approximate surface area is 154 Å². The van der Waals surface area contributed by atoms with Gasteiger partial charge in [-0.15, -0.1) is 0 Å². The molecule has 0 bridgehead atoms. The zero-order chi connectivity index (χ0) is 18.4. The van der Waals surface area contributed by atoms with E-state index in [9.17, 15) is 9.00 Å². The van der Waals surface area contributed by atoms with Gasteiger partial charge in [0.15, 0.2) is 5.82 Å². The lowest BCUT2D eigenvalue weighted by Gasteiger charge is -2.06. The normalized spacial score (nSPS) is 11.7. The fourth-order valence-electron chi connectivity index (χ4n) is 2.39. The van der Waals surface area contributed by atoms with E-state index in [4.69, 9.17) is 5.14 Å². The van der Waals surface area contributed by atoms with Gasteiger partial charge < -0.3 is 5.32 Å². The molecule has 1 amide bonds. The summed E-state index contributed by atoms with van der Waals surface area (Å²) in [5.41, 5.74) is 2.34. The molecule has 0 aliphatic carbocycles. The summed E-state index contributed by atoms with van der Waals surface area (Å²) in [6, 6.07) is 16.7. The van der Waals surface area contributed by atoms with Crippen LogP contribution in [0.3, 0.4) is 0 Å². The molecule has 1 aromatic heterocycles. The molecule has 1 atom stereocenters. The van der Waals surface area contributed by atoms with Crippen LogP contribution in [0.25, 0.3) is 11.4 Å². The molecular formula is C19H18N4O2S. The van der Waals surface area contributed by atoms with Crippen LogP contribution in [0.5, 0.6) is 0 Å². The van der Waals surface area contributed by atoms with Crippen LogP contribution < -0.4 is 10.5 Å². The van der Waals surface area contributed by atoms with Crippen molar-refractivity contribution in [1.29, 1.82) is 0 Å². The van der Waals surface area contributed by atoms with Crippen LogP contribution in [0.15, 0.2) is 71.9 Å². The van der Waals surface area contributed by atoms with Crippen molar-refractivity contribution in [3.05, 3.63) is 78.1 Å². The van der Waals surface area contributed by atoms with Crippen LogP contribution in [-0.4, -0.2) is 26.6 Å². The third-order valence-corrected chi connectivity index (χ3v) is 4.54. The van der Waals surface area contributed by atoms with Crippen LogP contribution in [0.1, 0.15) is 15.9 Å². The highest BCUT2D eigenvalue weighted by Crippen LogP contribution is 2.13. The molecule has 3 rings (SSSR count). The second kappa shape index (κ2) is 8.46. The molecule has 1 unspecified atom stereocenters. The number of rotatable bonds is 6. The molecule has 0 fully saturated rings. The first-order valence-electron chi connectivity index (χ1n) is 8.04. The molecule has 0 aliphatic rings. The average molecular weight is 366 g/mol. The maximum absolute atomic E-state index is 12.2. The van der Waals surface area contributed by atoms with Crippen molar-refractivity contribution in [3.63, 3.8) is 0 Å². The minimum Gasteiger partial charge on any atom is -0.352 e. The molecule has 0 saturated carbocycles. The van der Waals surface area contributed by atoms with Crippen molar-refractivity contribution in [1.82, 2.24) is 15.3 Å². The predicted molar refractivity (Wildman–Crippen MR) is 101 cm³/mol. The average Bonchev–Trinajstić information content (AvgIpc) is 2.69. The Balaban J connectivity index is 1.54. The third kappa shape index (κ3) is 4.59. The van der Waals surface area contributed by atoms with Crippen molar-refractivity contribution < 1.29 is 9.00 Å². The van der Waals surface area contributed by atoms with Gasteiger partial charge in [0.25, 0.3) is 5.91 Å². The van der Waals surface area contributed by atoms with Crippen molar-refractivity contribution >= 4 is 16.9 Å². The van der Waals surface area contributed by atoms with E-state index in [-0.39, 0.29) is 5.91 Å². The highest BCUT2D eigenvalue weighted by molar-refractivity contribution is 7.82. The van der Waals surface area contributed by atoms with E-state index in [1.54, 1.807) is 12.1 Å². The van der Waals surface area contributed by atoms with Crippen LogP contribution in [0, 0.1) is 0 Å². The van der Waals surface area contributed by atoms with Crippen LogP contribution in [-0.2, 0) is 17.4 Å². The number of carbonyl (C=O) groups is 1. The minimum atomic E-state index is -1.47. The molecule has 0 saturated heterocycles. The monoisotopic (exact) mass is 366 g/mol. The highest BCUT2D eigenvalue weighted by atomic mass is 32.2. The van der Waals surface area contributed by atoms with Crippen LogP contribution >= 0.6 is 0 Å². The van der Waals surface area contributed by atoms with Gasteiger partial charge in [-0.2, -0.15) is 0 Å². The van der Waals surface area contributed by atoms with E-state index in [0.717, 1.165) is 11.1 Å². The van der Waals surface area contributed by atoms with Gasteiger partial charge in [0, 0.05) is 24.5 Å². The smallest absolute Gasteiger partial charge is 0.254 e. The SMILES string of the molecule is NS(=O)c1ccc(CCNC(=O)c2cnc(-c3ccccc3)nc2)cc1. The van der Waals surface area contributed by atoms with Crippen LogP contribution in [0.4, 0.5) is 0 Å². The summed E-state index contributed by atoms with van der Waals surface area (Å²) in [5.74, 6) is 0.365. The number of hydrogen-bond acceptors (Lipinski definition) is 4.